The lowest BCUT2D eigenvalue weighted by molar-refractivity contribution is 0.0938. The van der Waals surface area contributed by atoms with Crippen molar-refractivity contribution in [2.75, 3.05) is 39.8 Å². The highest BCUT2D eigenvalue weighted by molar-refractivity contribution is 5.94. The minimum atomic E-state index is -0.0226. The Labute approximate surface area is 168 Å². The van der Waals surface area contributed by atoms with Crippen molar-refractivity contribution in [3.8, 4) is 0 Å². The van der Waals surface area contributed by atoms with Gasteiger partial charge < -0.3 is 15.5 Å². The Kier molecular flexibility index (Phi) is 7.31. The van der Waals surface area contributed by atoms with Crippen molar-refractivity contribution in [2.24, 2.45) is 0 Å². The van der Waals surface area contributed by atoms with Gasteiger partial charge in [-0.25, -0.2) is 4.79 Å². The van der Waals surface area contributed by atoms with Crippen LogP contribution in [0, 0.1) is 0 Å². The standard InChI is InChI=1S/C22H34N4O2/c1-17-7-3-4-12-25(17)14-11-24-21(27)19-9-5-8-18(15-19)20-10-6-13-26(16-20)22(28)23-2/h5,8-9,15,17,20H,3-4,6-7,10-14,16H2,1-2H3,(H,23,28)(H,24,27). The van der Waals surface area contributed by atoms with Crippen LogP contribution in [0.5, 0.6) is 0 Å². The molecule has 0 bridgehead atoms. The second-order valence-electron chi connectivity index (χ2n) is 8.10. The number of likely N-dealkylation sites (tertiary alicyclic amines) is 2. The lowest BCUT2D eigenvalue weighted by Gasteiger charge is -2.33. The van der Waals surface area contributed by atoms with E-state index in [2.05, 4.69) is 28.5 Å². The number of hydrogen-bond donors (Lipinski definition) is 2. The number of hydrogen-bond acceptors (Lipinski definition) is 3. The molecule has 3 rings (SSSR count). The van der Waals surface area contributed by atoms with Crippen molar-refractivity contribution in [3.05, 3.63) is 35.4 Å². The number of carbonyl (C=O) groups is 2. The fraction of sp³-hybridized carbons (Fsp3) is 0.636. The number of amides is 3. The number of carbonyl (C=O) groups excluding carboxylic acids is 2. The molecule has 2 N–H and O–H groups in total. The van der Waals surface area contributed by atoms with Gasteiger partial charge in [-0.05, 0) is 56.8 Å². The third-order valence-electron chi connectivity index (χ3n) is 6.17. The summed E-state index contributed by atoms with van der Waals surface area (Å²) in [6.07, 6.45) is 5.86. The monoisotopic (exact) mass is 386 g/mol. The van der Waals surface area contributed by atoms with Gasteiger partial charge in [0, 0.05) is 50.7 Å². The van der Waals surface area contributed by atoms with Crippen LogP contribution in [0.3, 0.4) is 0 Å². The maximum absolute atomic E-state index is 12.6. The van der Waals surface area contributed by atoms with Crippen LogP contribution in [0.1, 0.15) is 60.9 Å². The number of nitrogens with one attached hydrogen (secondary N) is 2. The van der Waals surface area contributed by atoms with Crippen LogP contribution in [0.2, 0.25) is 0 Å². The van der Waals surface area contributed by atoms with Crippen LogP contribution in [-0.4, -0.2) is 67.6 Å². The van der Waals surface area contributed by atoms with E-state index >= 15 is 0 Å². The Hall–Kier alpha value is -2.08. The summed E-state index contributed by atoms with van der Waals surface area (Å²) in [5.41, 5.74) is 1.85. The van der Waals surface area contributed by atoms with Crippen molar-refractivity contribution in [1.82, 2.24) is 20.4 Å². The third-order valence-corrected chi connectivity index (χ3v) is 6.17. The quantitative estimate of drug-likeness (QED) is 0.818. The number of nitrogens with zero attached hydrogens (tertiary/aromatic N) is 2. The first-order valence-electron chi connectivity index (χ1n) is 10.7. The second kappa shape index (κ2) is 9.92. The van der Waals surface area contributed by atoms with Crippen LogP contribution in [-0.2, 0) is 0 Å². The van der Waals surface area contributed by atoms with E-state index in [1.54, 1.807) is 7.05 Å². The average molecular weight is 387 g/mol. The molecule has 1 aromatic rings. The van der Waals surface area contributed by atoms with Gasteiger partial charge in [0.05, 0.1) is 0 Å². The molecule has 1 aromatic carbocycles. The van der Waals surface area contributed by atoms with Crippen molar-refractivity contribution in [1.29, 1.82) is 0 Å². The molecule has 154 valence electrons. The zero-order valence-electron chi connectivity index (χ0n) is 17.2. The fourth-order valence-corrected chi connectivity index (χ4v) is 4.43. The van der Waals surface area contributed by atoms with Gasteiger partial charge in [0.2, 0.25) is 0 Å². The molecule has 0 radical (unpaired) electrons. The smallest absolute Gasteiger partial charge is 0.317 e. The summed E-state index contributed by atoms with van der Waals surface area (Å²) in [6.45, 7) is 6.51. The first-order valence-corrected chi connectivity index (χ1v) is 10.7. The highest BCUT2D eigenvalue weighted by atomic mass is 16.2. The molecule has 6 nitrogen and oxygen atoms in total. The molecule has 2 unspecified atom stereocenters. The van der Waals surface area contributed by atoms with Crippen LogP contribution in [0.4, 0.5) is 4.79 Å². The van der Waals surface area contributed by atoms with Crippen LogP contribution >= 0.6 is 0 Å². The van der Waals surface area contributed by atoms with Gasteiger partial charge in [-0.15, -0.1) is 0 Å². The van der Waals surface area contributed by atoms with Crippen molar-refractivity contribution in [2.45, 2.75) is 51.0 Å². The van der Waals surface area contributed by atoms with Crippen molar-refractivity contribution in [3.63, 3.8) is 0 Å². The molecule has 2 heterocycles. The second-order valence-corrected chi connectivity index (χ2v) is 8.10. The molecule has 0 spiro atoms. The van der Waals surface area contributed by atoms with E-state index in [1.165, 1.54) is 19.3 Å². The SMILES string of the molecule is CNC(=O)N1CCCC(c2cccc(C(=O)NCCN3CCCCC3C)c2)C1. The Morgan fingerprint density at radius 2 is 2.00 bits per heavy atom. The molecule has 6 heteroatoms. The molecular weight excluding hydrogens is 352 g/mol. The minimum absolute atomic E-state index is 0.00882. The molecule has 28 heavy (non-hydrogen) atoms. The van der Waals surface area contributed by atoms with Gasteiger partial charge in [0.15, 0.2) is 0 Å². The first kappa shape index (κ1) is 20.6. The first-order chi connectivity index (χ1) is 13.6. The molecule has 3 amide bonds. The number of urea groups is 1. The summed E-state index contributed by atoms with van der Waals surface area (Å²) in [6, 6.07) is 8.49. The minimum Gasteiger partial charge on any atom is -0.351 e. The summed E-state index contributed by atoms with van der Waals surface area (Å²) in [5.74, 6) is 0.276. The van der Waals surface area contributed by atoms with E-state index in [-0.39, 0.29) is 17.9 Å². The van der Waals surface area contributed by atoms with Gasteiger partial charge in [0.25, 0.3) is 5.91 Å². The summed E-state index contributed by atoms with van der Waals surface area (Å²) in [4.78, 5) is 28.9. The topological polar surface area (TPSA) is 64.7 Å². The highest BCUT2D eigenvalue weighted by Gasteiger charge is 2.24. The summed E-state index contributed by atoms with van der Waals surface area (Å²) >= 11 is 0. The molecule has 0 aliphatic carbocycles. The fourth-order valence-electron chi connectivity index (χ4n) is 4.43. The highest BCUT2D eigenvalue weighted by Crippen LogP contribution is 2.27. The number of benzene rings is 1. The van der Waals surface area contributed by atoms with E-state index < -0.39 is 0 Å². The maximum Gasteiger partial charge on any atom is 0.317 e. The number of rotatable bonds is 5. The van der Waals surface area contributed by atoms with Crippen molar-refractivity contribution < 1.29 is 9.59 Å². The molecule has 2 saturated heterocycles. The average Bonchev–Trinajstić information content (AvgIpc) is 2.74. The predicted octanol–water partition coefficient (Wildman–Crippen LogP) is 2.81. The molecule has 2 aliphatic heterocycles. The van der Waals surface area contributed by atoms with E-state index in [0.29, 0.717) is 24.7 Å². The third kappa shape index (κ3) is 5.25. The van der Waals surface area contributed by atoms with Gasteiger partial charge in [0.1, 0.15) is 0 Å². The molecule has 2 atom stereocenters. The number of piperidine rings is 2. The van der Waals surface area contributed by atoms with Gasteiger partial charge >= 0.3 is 6.03 Å². The van der Waals surface area contributed by atoms with Crippen LogP contribution in [0.25, 0.3) is 0 Å². The maximum atomic E-state index is 12.6. The van der Waals surface area contributed by atoms with Gasteiger partial charge in [-0.2, -0.15) is 0 Å². The normalized spacial score (nSPS) is 23.3. The Bertz CT molecular complexity index is 678. The van der Waals surface area contributed by atoms with Crippen LogP contribution in [0.15, 0.2) is 24.3 Å². The van der Waals surface area contributed by atoms with Crippen LogP contribution < -0.4 is 10.6 Å². The van der Waals surface area contributed by atoms with Gasteiger partial charge in [-0.1, -0.05) is 18.6 Å². The molecule has 0 saturated carbocycles. The predicted molar refractivity (Wildman–Crippen MR) is 112 cm³/mol. The van der Waals surface area contributed by atoms with E-state index in [9.17, 15) is 9.59 Å². The lowest BCUT2D eigenvalue weighted by atomic mass is 9.89. The summed E-state index contributed by atoms with van der Waals surface area (Å²) < 4.78 is 0. The molecule has 0 aromatic heterocycles. The van der Waals surface area contributed by atoms with Crippen molar-refractivity contribution >= 4 is 11.9 Å². The zero-order valence-corrected chi connectivity index (χ0v) is 17.2. The van der Waals surface area contributed by atoms with E-state index in [4.69, 9.17) is 0 Å². The molecule has 2 aliphatic rings. The van der Waals surface area contributed by atoms with Gasteiger partial charge in [-0.3, -0.25) is 9.69 Å². The molecule has 2 fully saturated rings. The Morgan fingerprint density at radius 1 is 1.14 bits per heavy atom. The lowest BCUT2D eigenvalue weighted by Crippen LogP contribution is -2.43. The molecular formula is C22H34N4O2. The Morgan fingerprint density at radius 3 is 2.79 bits per heavy atom. The van der Waals surface area contributed by atoms with E-state index in [0.717, 1.165) is 38.0 Å². The summed E-state index contributed by atoms with van der Waals surface area (Å²) in [5, 5.41) is 5.79. The summed E-state index contributed by atoms with van der Waals surface area (Å²) in [7, 11) is 1.67. The largest absolute Gasteiger partial charge is 0.351 e. The zero-order chi connectivity index (χ0) is 19.9. The Balaban J connectivity index is 1.55. The van der Waals surface area contributed by atoms with E-state index in [1.807, 2.05) is 23.1 Å².